The highest BCUT2D eigenvalue weighted by molar-refractivity contribution is 5.99. The third-order valence-corrected chi connectivity index (χ3v) is 13.8. The maximum atomic E-state index is 5.38. The summed E-state index contributed by atoms with van der Waals surface area (Å²) in [6, 6.07) is 73.6. The van der Waals surface area contributed by atoms with Gasteiger partial charge < -0.3 is 0 Å². The Morgan fingerprint density at radius 3 is 1.34 bits per heavy atom. The molecule has 12 rings (SSSR count). The van der Waals surface area contributed by atoms with Gasteiger partial charge in [0, 0.05) is 17.5 Å². The number of aromatic nitrogens is 3. The van der Waals surface area contributed by atoms with Crippen molar-refractivity contribution < 1.29 is 0 Å². The Hall–Kier alpha value is -8.53. The molecule has 1 spiro atoms. The Morgan fingerprint density at radius 2 is 0.838 bits per heavy atom. The van der Waals surface area contributed by atoms with Crippen molar-refractivity contribution in [2.75, 3.05) is 0 Å². The first-order chi connectivity index (χ1) is 33.6. The van der Waals surface area contributed by atoms with Crippen molar-refractivity contribution in [1.29, 1.82) is 0 Å². The summed E-state index contributed by atoms with van der Waals surface area (Å²) < 4.78 is 0. The van der Waals surface area contributed by atoms with Crippen LogP contribution in [-0.2, 0) is 11.8 Å². The maximum Gasteiger partial charge on any atom is 0.163 e. The topological polar surface area (TPSA) is 38.7 Å². The van der Waals surface area contributed by atoms with E-state index in [1.165, 1.54) is 44.5 Å². The normalized spacial score (nSPS) is 15.8. The Balaban J connectivity index is 1.02. The Kier molecular flexibility index (Phi) is 10.5. The summed E-state index contributed by atoms with van der Waals surface area (Å²) >= 11 is 0. The largest absolute Gasteiger partial charge is 0.213 e. The summed E-state index contributed by atoms with van der Waals surface area (Å²) in [5.74, 6) is 1.97. The van der Waals surface area contributed by atoms with Crippen LogP contribution in [0.4, 0.5) is 0 Å². The van der Waals surface area contributed by atoms with Gasteiger partial charge in [-0.2, -0.15) is 0 Å². The third kappa shape index (κ3) is 7.21. The molecule has 1 atom stereocenters. The molecule has 8 aromatic carbocycles. The third-order valence-electron chi connectivity index (χ3n) is 13.8. The average Bonchev–Trinajstić information content (AvgIpc) is 3.67. The molecule has 0 aliphatic heterocycles. The summed E-state index contributed by atoms with van der Waals surface area (Å²) in [7, 11) is 0. The minimum atomic E-state index is -0.374. The van der Waals surface area contributed by atoms with Gasteiger partial charge in [0.1, 0.15) is 5.82 Å². The molecular formula is C65H47N3. The van der Waals surface area contributed by atoms with Crippen LogP contribution in [0.25, 0.3) is 78.4 Å². The lowest BCUT2D eigenvalue weighted by molar-refractivity contribution is 0.759. The Morgan fingerprint density at radius 1 is 0.426 bits per heavy atom. The molecule has 3 aliphatic carbocycles. The van der Waals surface area contributed by atoms with E-state index in [-0.39, 0.29) is 5.41 Å². The van der Waals surface area contributed by atoms with Crippen molar-refractivity contribution in [1.82, 2.24) is 15.0 Å². The standard InChI is InChI=1S/C65H47N3/c1-44-55(56-31-17-19-35-59(56)65(44)60-34-16-6-15-30-57(60)58-32-18-20-36-61(58)65)33-21-37-62-66-63(53-40-49(45-22-7-2-8-23-45)38-50(41-53)46-24-9-3-10-25-46)68-64(67-62)54-42-51(47-26-11-4-12-27-47)39-52(43-54)48-28-13-5-14-29-48/h2-5,7-36,38-43H,6,37H2,1H3/b33-21-. The van der Waals surface area contributed by atoms with Crippen molar-refractivity contribution in [3.8, 4) is 67.3 Å². The van der Waals surface area contributed by atoms with Crippen LogP contribution < -0.4 is 0 Å². The SMILES string of the molecule is CC1=C(/C=C\Cc2nc(-c3cc(-c4ccccc4)cc(-c4ccccc4)c3)nc(-c3cc(-c4ccccc4)cc(-c4ccccc4)c3)n2)c2ccccc2C12C1=C(C=CCC=C1)c1ccccc12. The number of allylic oxidation sites excluding steroid dienone is 10. The molecule has 1 aromatic heterocycles. The summed E-state index contributed by atoms with van der Waals surface area (Å²) in [4.78, 5) is 16.1. The zero-order chi connectivity index (χ0) is 45.4. The highest BCUT2D eigenvalue weighted by Gasteiger charge is 2.51. The molecule has 1 heterocycles. The van der Waals surface area contributed by atoms with Crippen LogP contribution in [0, 0.1) is 0 Å². The molecule has 9 aromatic rings. The summed E-state index contributed by atoms with van der Waals surface area (Å²) in [6.45, 7) is 2.34. The van der Waals surface area contributed by atoms with Gasteiger partial charge in [-0.3, -0.25) is 0 Å². The minimum Gasteiger partial charge on any atom is -0.213 e. The number of nitrogens with zero attached hydrogens (tertiary/aromatic N) is 3. The Bertz CT molecular complexity index is 3280. The van der Waals surface area contributed by atoms with E-state index in [4.69, 9.17) is 15.0 Å². The number of hydrogen-bond donors (Lipinski definition) is 0. The average molecular weight is 870 g/mol. The second-order valence-electron chi connectivity index (χ2n) is 17.8. The van der Waals surface area contributed by atoms with E-state index in [1.54, 1.807) is 0 Å². The van der Waals surface area contributed by atoms with Gasteiger partial charge in [0.2, 0.25) is 0 Å². The van der Waals surface area contributed by atoms with Crippen LogP contribution >= 0.6 is 0 Å². The summed E-state index contributed by atoms with van der Waals surface area (Å²) in [5.41, 5.74) is 20.9. The quantitative estimate of drug-likeness (QED) is 0.145. The Labute approximate surface area is 398 Å². The van der Waals surface area contributed by atoms with Gasteiger partial charge in [0.05, 0.1) is 5.41 Å². The monoisotopic (exact) mass is 869 g/mol. The lowest BCUT2D eigenvalue weighted by atomic mass is 9.69. The van der Waals surface area contributed by atoms with Crippen molar-refractivity contribution in [2.45, 2.75) is 25.2 Å². The highest BCUT2D eigenvalue weighted by Crippen LogP contribution is 2.61. The number of rotatable bonds is 9. The van der Waals surface area contributed by atoms with Crippen LogP contribution in [0.2, 0.25) is 0 Å². The predicted octanol–water partition coefficient (Wildman–Crippen LogP) is 16.0. The number of benzene rings is 8. The van der Waals surface area contributed by atoms with E-state index in [1.807, 2.05) is 0 Å². The van der Waals surface area contributed by atoms with E-state index in [9.17, 15) is 0 Å². The lowest BCUT2D eigenvalue weighted by Gasteiger charge is -2.32. The van der Waals surface area contributed by atoms with Crippen LogP contribution in [0.5, 0.6) is 0 Å². The molecular weight excluding hydrogens is 823 g/mol. The van der Waals surface area contributed by atoms with Gasteiger partial charge in [-0.15, -0.1) is 0 Å². The van der Waals surface area contributed by atoms with Gasteiger partial charge in [-0.1, -0.05) is 206 Å². The molecule has 0 saturated heterocycles. The molecule has 0 amide bonds. The van der Waals surface area contributed by atoms with Crippen molar-refractivity contribution >= 4 is 11.1 Å². The van der Waals surface area contributed by atoms with Gasteiger partial charge in [0.25, 0.3) is 0 Å². The molecule has 322 valence electrons. The van der Waals surface area contributed by atoms with Gasteiger partial charge in [-0.25, -0.2) is 15.0 Å². The smallest absolute Gasteiger partial charge is 0.163 e. The highest BCUT2D eigenvalue weighted by atomic mass is 15.0. The van der Waals surface area contributed by atoms with E-state index in [0.29, 0.717) is 23.9 Å². The zero-order valence-electron chi connectivity index (χ0n) is 37.8. The molecule has 0 radical (unpaired) electrons. The molecule has 0 fully saturated rings. The predicted molar refractivity (Wildman–Crippen MR) is 281 cm³/mol. The number of fused-ring (bicyclic) bond motifs is 6. The molecule has 0 saturated carbocycles. The second-order valence-corrected chi connectivity index (χ2v) is 17.8. The van der Waals surface area contributed by atoms with Gasteiger partial charge >= 0.3 is 0 Å². The summed E-state index contributed by atoms with van der Waals surface area (Å²) in [5, 5.41) is 0. The van der Waals surface area contributed by atoms with Crippen LogP contribution in [0.1, 0.15) is 41.4 Å². The molecule has 3 aliphatic rings. The fraction of sp³-hybridized carbons (Fsp3) is 0.0615. The van der Waals surface area contributed by atoms with Crippen molar-refractivity contribution in [2.24, 2.45) is 0 Å². The fourth-order valence-electron chi connectivity index (χ4n) is 10.7. The zero-order valence-corrected chi connectivity index (χ0v) is 37.8. The van der Waals surface area contributed by atoms with Crippen LogP contribution in [0.15, 0.2) is 254 Å². The summed E-state index contributed by atoms with van der Waals surface area (Å²) in [6.07, 6.45) is 15.3. The van der Waals surface area contributed by atoms with E-state index in [2.05, 4.69) is 250 Å². The molecule has 0 N–H and O–H groups in total. The van der Waals surface area contributed by atoms with E-state index in [0.717, 1.165) is 62.1 Å². The molecule has 0 bridgehead atoms. The van der Waals surface area contributed by atoms with Crippen LogP contribution in [0.3, 0.4) is 0 Å². The molecule has 1 unspecified atom stereocenters. The molecule has 3 nitrogen and oxygen atoms in total. The fourth-order valence-corrected chi connectivity index (χ4v) is 10.7. The lowest BCUT2D eigenvalue weighted by Crippen LogP contribution is -2.27. The van der Waals surface area contributed by atoms with E-state index < -0.39 is 0 Å². The first-order valence-corrected chi connectivity index (χ1v) is 23.5. The first kappa shape index (κ1) is 40.9. The van der Waals surface area contributed by atoms with E-state index >= 15 is 0 Å². The number of hydrogen-bond acceptors (Lipinski definition) is 3. The van der Waals surface area contributed by atoms with Gasteiger partial charge in [0.15, 0.2) is 11.6 Å². The molecule has 68 heavy (non-hydrogen) atoms. The first-order valence-electron chi connectivity index (χ1n) is 23.5. The van der Waals surface area contributed by atoms with Crippen LogP contribution in [-0.4, -0.2) is 15.0 Å². The van der Waals surface area contributed by atoms with Gasteiger partial charge in [-0.05, 0) is 139 Å². The second kappa shape index (κ2) is 17.4. The minimum absolute atomic E-state index is 0.374. The van der Waals surface area contributed by atoms with Crippen molar-refractivity contribution in [3.63, 3.8) is 0 Å². The maximum absolute atomic E-state index is 5.38. The van der Waals surface area contributed by atoms with Crippen molar-refractivity contribution in [3.05, 3.63) is 282 Å². The molecule has 3 heteroatoms.